The van der Waals surface area contributed by atoms with Crippen molar-refractivity contribution in [2.24, 2.45) is 5.41 Å². The van der Waals surface area contributed by atoms with Crippen molar-refractivity contribution in [3.63, 3.8) is 0 Å². The van der Waals surface area contributed by atoms with Gasteiger partial charge in [-0.1, -0.05) is 26.8 Å². The summed E-state index contributed by atoms with van der Waals surface area (Å²) in [7, 11) is -2.41. The average Bonchev–Trinajstić information content (AvgIpc) is 2.35. The third-order valence-electron chi connectivity index (χ3n) is 3.08. The number of fused-ring (bicyclic) bond motifs is 1. The van der Waals surface area contributed by atoms with Crippen molar-refractivity contribution in [2.45, 2.75) is 25.7 Å². The molecule has 1 aliphatic heterocycles. The number of carbonyl (C=O) groups excluding carboxylic acids is 1. The molecular formula is C14H17NO4S. The van der Waals surface area contributed by atoms with E-state index in [2.05, 4.69) is 9.46 Å². The molecule has 0 amide bonds. The molecule has 0 saturated heterocycles. The van der Waals surface area contributed by atoms with Crippen LogP contribution in [0.2, 0.25) is 0 Å². The number of benzene rings is 1. The van der Waals surface area contributed by atoms with Gasteiger partial charge in [0.25, 0.3) is 10.0 Å². The first kappa shape index (κ1) is 14.6. The van der Waals surface area contributed by atoms with Crippen LogP contribution in [-0.2, 0) is 14.8 Å². The maximum atomic E-state index is 12.3. The largest absolute Gasteiger partial charge is 0.465 e. The predicted octanol–water partition coefficient (Wildman–Crippen LogP) is 2.15. The SMILES string of the molecule is COC(=O)c1ccc2c(c1)S(=O)(=O)NC(C(C)(C)C)=C2. The molecule has 0 atom stereocenters. The Morgan fingerprint density at radius 1 is 1.25 bits per heavy atom. The molecule has 20 heavy (non-hydrogen) atoms. The number of sulfonamides is 1. The van der Waals surface area contributed by atoms with Gasteiger partial charge in [0.1, 0.15) is 0 Å². The number of methoxy groups -OCH3 is 1. The van der Waals surface area contributed by atoms with Gasteiger partial charge in [-0.05, 0) is 23.8 Å². The van der Waals surface area contributed by atoms with Crippen LogP contribution in [0.3, 0.4) is 0 Å². The van der Waals surface area contributed by atoms with E-state index in [0.717, 1.165) is 0 Å². The van der Waals surface area contributed by atoms with E-state index in [1.807, 2.05) is 20.8 Å². The van der Waals surface area contributed by atoms with E-state index in [1.54, 1.807) is 18.2 Å². The third kappa shape index (κ3) is 2.56. The number of nitrogens with one attached hydrogen (secondary N) is 1. The first-order chi connectivity index (χ1) is 9.15. The Kier molecular flexibility index (Phi) is 3.37. The van der Waals surface area contributed by atoms with E-state index in [4.69, 9.17) is 0 Å². The summed E-state index contributed by atoms with van der Waals surface area (Å²) < 4.78 is 31.7. The van der Waals surface area contributed by atoms with E-state index < -0.39 is 16.0 Å². The molecule has 6 heteroatoms. The number of rotatable bonds is 1. The topological polar surface area (TPSA) is 72.5 Å². The van der Waals surface area contributed by atoms with Crippen LogP contribution < -0.4 is 4.72 Å². The van der Waals surface area contributed by atoms with Crippen LogP contribution in [0, 0.1) is 5.41 Å². The van der Waals surface area contributed by atoms with Crippen LogP contribution in [0.4, 0.5) is 0 Å². The molecule has 0 radical (unpaired) electrons. The van der Waals surface area contributed by atoms with Crippen molar-refractivity contribution in [2.75, 3.05) is 7.11 Å². The Morgan fingerprint density at radius 3 is 2.45 bits per heavy atom. The molecule has 108 valence electrons. The summed E-state index contributed by atoms with van der Waals surface area (Å²) in [6.45, 7) is 5.78. The molecule has 1 aromatic rings. The van der Waals surface area contributed by atoms with Gasteiger partial charge in [0.2, 0.25) is 0 Å². The molecule has 0 spiro atoms. The number of allylic oxidation sites excluding steroid dienone is 1. The minimum atomic E-state index is -3.66. The van der Waals surface area contributed by atoms with Gasteiger partial charge >= 0.3 is 5.97 Å². The van der Waals surface area contributed by atoms with Crippen LogP contribution in [0.5, 0.6) is 0 Å². The van der Waals surface area contributed by atoms with Gasteiger partial charge in [0.15, 0.2) is 0 Å². The highest BCUT2D eigenvalue weighted by atomic mass is 32.2. The van der Waals surface area contributed by atoms with Crippen molar-refractivity contribution in [1.82, 2.24) is 4.72 Å². The third-order valence-corrected chi connectivity index (χ3v) is 4.50. The fourth-order valence-corrected chi connectivity index (χ4v) is 3.37. The molecule has 0 unspecified atom stereocenters. The molecule has 1 N–H and O–H groups in total. The second-order valence-electron chi connectivity index (χ2n) is 5.66. The number of hydrogen-bond donors (Lipinski definition) is 1. The van der Waals surface area contributed by atoms with Crippen molar-refractivity contribution >= 4 is 22.1 Å². The van der Waals surface area contributed by atoms with Crippen molar-refractivity contribution in [3.05, 3.63) is 35.0 Å². The van der Waals surface area contributed by atoms with E-state index in [0.29, 0.717) is 11.3 Å². The summed E-state index contributed by atoms with van der Waals surface area (Å²) in [5.41, 5.74) is 1.09. The van der Waals surface area contributed by atoms with Crippen molar-refractivity contribution < 1.29 is 17.9 Å². The number of carbonyl (C=O) groups is 1. The zero-order valence-corrected chi connectivity index (χ0v) is 12.7. The van der Waals surface area contributed by atoms with Crippen LogP contribution in [-0.4, -0.2) is 21.5 Å². The second kappa shape index (κ2) is 4.63. The summed E-state index contributed by atoms with van der Waals surface area (Å²) in [6.07, 6.45) is 1.79. The summed E-state index contributed by atoms with van der Waals surface area (Å²) >= 11 is 0. The van der Waals surface area contributed by atoms with Gasteiger partial charge in [0, 0.05) is 11.1 Å². The lowest BCUT2D eigenvalue weighted by atomic mass is 9.91. The minimum absolute atomic E-state index is 0.0911. The monoisotopic (exact) mass is 295 g/mol. The molecule has 0 bridgehead atoms. The van der Waals surface area contributed by atoms with E-state index in [1.165, 1.54) is 13.2 Å². The number of hydrogen-bond acceptors (Lipinski definition) is 4. The molecule has 1 heterocycles. The summed E-state index contributed by atoms with van der Waals surface area (Å²) in [5, 5.41) is 0. The van der Waals surface area contributed by atoms with Gasteiger partial charge in [-0.25, -0.2) is 13.2 Å². The molecule has 0 aliphatic carbocycles. The maximum absolute atomic E-state index is 12.3. The molecule has 0 fully saturated rings. The fraction of sp³-hybridized carbons (Fsp3) is 0.357. The molecule has 0 saturated carbocycles. The maximum Gasteiger partial charge on any atom is 0.337 e. The highest BCUT2D eigenvalue weighted by molar-refractivity contribution is 7.89. The minimum Gasteiger partial charge on any atom is -0.465 e. The van der Waals surface area contributed by atoms with E-state index in [-0.39, 0.29) is 15.9 Å². The Hall–Kier alpha value is -1.82. The predicted molar refractivity (Wildman–Crippen MR) is 75.5 cm³/mol. The molecule has 5 nitrogen and oxygen atoms in total. The lowest BCUT2D eigenvalue weighted by Crippen LogP contribution is -2.33. The number of esters is 1. The zero-order chi connectivity index (χ0) is 15.1. The molecule has 1 aromatic carbocycles. The Labute approximate surface area is 118 Å². The normalized spacial score (nSPS) is 16.7. The van der Waals surface area contributed by atoms with Crippen LogP contribution in [0.15, 0.2) is 28.8 Å². The average molecular weight is 295 g/mol. The van der Waals surface area contributed by atoms with Crippen LogP contribution in [0.1, 0.15) is 36.7 Å². The van der Waals surface area contributed by atoms with Gasteiger partial charge < -0.3 is 4.74 Å². The van der Waals surface area contributed by atoms with Crippen LogP contribution in [0.25, 0.3) is 6.08 Å². The summed E-state index contributed by atoms with van der Waals surface area (Å²) in [6, 6.07) is 4.51. The summed E-state index contributed by atoms with van der Waals surface area (Å²) in [4.78, 5) is 11.6. The second-order valence-corrected chi connectivity index (χ2v) is 7.31. The van der Waals surface area contributed by atoms with Gasteiger partial charge in [-0.15, -0.1) is 0 Å². The van der Waals surface area contributed by atoms with E-state index in [9.17, 15) is 13.2 Å². The highest BCUT2D eigenvalue weighted by Gasteiger charge is 2.30. The lowest BCUT2D eigenvalue weighted by Gasteiger charge is -2.28. The smallest absolute Gasteiger partial charge is 0.337 e. The molecule has 2 rings (SSSR count). The fourth-order valence-electron chi connectivity index (χ4n) is 1.89. The van der Waals surface area contributed by atoms with Gasteiger partial charge in [-0.3, -0.25) is 4.72 Å². The van der Waals surface area contributed by atoms with Gasteiger partial charge in [0.05, 0.1) is 17.6 Å². The Morgan fingerprint density at radius 2 is 1.90 bits per heavy atom. The quantitative estimate of drug-likeness (QED) is 0.806. The van der Waals surface area contributed by atoms with Crippen molar-refractivity contribution in [1.29, 1.82) is 0 Å². The number of ether oxygens (including phenoxy) is 1. The highest BCUT2D eigenvalue weighted by Crippen LogP contribution is 2.33. The first-order valence-corrected chi connectivity index (χ1v) is 7.61. The standard InChI is InChI=1S/C14H17NO4S/c1-14(2,3)12-8-9-5-6-10(13(16)19-4)7-11(9)20(17,18)15-12/h5-8,15H,1-4H3. The molecule has 0 aromatic heterocycles. The van der Waals surface area contributed by atoms with Crippen LogP contribution >= 0.6 is 0 Å². The van der Waals surface area contributed by atoms with E-state index >= 15 is 0 Å². The molecule has 1 aliphatic rings. The zero-order valence-electron chi connectivity index (χ0n) is 11.9. The molecular weight excluding hydrogens is 278 g/mol. The van der Waals surface area contributed by atoms with Crippen molar-refractivity contribution in [3.8, 4) is 0 Å². The Bertz CT molecular complexity index is 696. The first-order valence-electron chi connectivity index (χ1n) is 6.12. The Balaban J connectivity index is 2.62. The summed E-state index contributed by atoms with van der Waals surface area (Å²) in [5.74, 6) is -0.561. The van der Waals surface area contributed by atoms with Gasteiger partial charge in [-0.2, -0.15) is 0 Å². The lowest BCUT2D eigenvalue weighted by molar-refractivity contribution is 0.0600.